The fourth-order valence-corrected chi connectivity index (χ4v) is 2.55. The van der Waals surface area contributed by atoms with Crippen LogP contribution in [0.4, 0.5) is 17.3 Å². The number of carbonyl (C=O) groups excluding carboxylic acids is 2. The summed E-state index contributed by atoms with van der Waals surface area (Å²) in [6.07, 6.45) is 1.49. The average Bonchev–Trinajstić information content (AvgIpc) is 2.74. The van der Waals surface area contributed by atoms with Crippen LogP contribution in [-0.2, 0) is 0 Å². The zero-order valence-corrected chi connectivity index (χ0v) is 16.2. The van der Waals surface area contributed by atoms with Gasteiger partial charge in [-0.25, -0.2) is 9.97 Å². The molecule has 0 aliphatic carbocycles. The molecule has 0 aliphatic heterocycles. The molecule has 2 N–H and O–H groups in total. The van der Waals surface area contributed by atoms with Crippen LogP contribution in [0.5, 0.6) is 11.5 Å². The van der Waals surface area contributed by atoms with Gasteiger partial charge in [0.05, 0.1) is 19.9 Å². The monoisotopic (exact) mass is 392 g/mol. The number of nitrogens with one attached hydrogen (secondary N) is 2. The highest BCUT2D eigenvalue weighted by Crippen LogP contribution is 2.29. The van der Waals surface area contributed by atoms with Gasteiger partial charge in [0.2, 0.25) is 5.95 Å². The molecule has 1 aromatic heterocycles. The van der Waals surface area contributed by atoms with E-state index in [9.17, 15) is 9.59 Å². The molecular weight excluding hydrogens is 372 g/mol. The highest BCUT2D eigenvalue weighted by atomic mass is 16.5. The number of hydrogen-bond acceptors (Lipinski definition) is 7. The summed E-state index contributed by atoms with van der Waals surface area (Å²) in [7, 11) is 3.06. The molecular formula is C21H20N4O4. The number of benzene rings is 2. The minimum Gasteiger partial charge on any atom is -0.497 e. The maximum atomic E-state index is 12.6. The fraction of sp³-hybridized carbons (Fsp3) is 0.143. The summed E-state index contributed by atoms with van der Waals surface area (Å²) >= 11 is 0. The number of amides is 1. The molecule has 0 unspecified atom stereocenters. The molecule has 3 rings (SSSR count). The highest BCUT2D eigenvalue weighted by Gasteiger charge is 2.13. The Balaban J connectivity index is 1.75. The Bertz CT molecular complexity index is 1040. The van der Waals surface area contributed by atoms with Crippen molar-refractivity contribution in [1.82, 2.24) is 9.97 Å². The van der Waals surface area contributed by atoms with Crippen molar-refractivity contribution in [1.29, 1.82) is 0 Å². The molecule has 1 heterocycles. The first-order valence-corrected chi connectivity index (χ1v) is 8.74. The molecule has 0 bridgehead atoms. The van der Waals surface area contributed by atoms with Gasteiger partial charge in [-0.05, 0) is 49.4 Å². The summed E-state index contributed by atoms with van der Waals surface area (Å²) in [6.45, 7) is 1.51. The number of nitrogens with zero attached hydrogens (tertiary/aromatic N) is 2. The largest absolute Gasteiger partial charge is 0.497 e. The van der Waals surface area contributed by atoms with E-state index in [1.54, 1.807) is 49.6 Å². The molecule has 0 atom stereocenters. The number of Topliss-reactive ketones (excluding diaryl/α,β-unsaturated/α-hetero) is 1. The van der Waals surface area contributed by atoms with Crippen molar-refractivity contribution < 1.29 is 19.1 Å². The van der Waals surface area contributed by atoms with Crippen molar-refractivity contribution in [3.63, 3.8) is 0 Å². The molecule has 8 heteroatoms. The number of anilines is 3. The van der Waals surface area contributed by atoms with Crippen molar-refractivity contribution in [3.8, 4) is 11.5 Å². The molecule has 8 nitrogen and oxygen atoms in total. The Labute approximate surface area is 167 Å². The average molecular weight is 392 g/mol. The molecule has 1 amide bonds. The van der Waals surface area contributed by atoms with Gasteiger partial charge in [-0.3, -0.25) is 9.59 Å². The van der Waals surface area contributed by atoms with Crippen LogP contribution in [0.1, 0.15) is 27.8 Å². The van der Waals surface area contributed by atoms with Crippen LogP contribution in [0, 0.1) is 0 Å². The topological polar surface area (TPSA) is 102 Å². The summed E-state index contributed by atoms with van der Waals surface area (Å²) in [5.41, 5.74) is 1.98. The van der Waals surface area contributed by atoms with Gasteiger partial charge < -0.3 is 20.1 Å². The molecule has 29 heavy (non-hydrogen) atoms. The Kier molecular flexibility index (Phi) is 6.03. The molecule has 0 aliphatic rings. The van der Waals surface area contributed by atoms with Gasteiger partial charge in [-0.1, -0.05) is 0 Å². The lowest BCUT2D eigenvalue weighted by Crippen LogP contribution is -2.15. The maximum Gasteiger partial charge on any atom is 0.274 e. The lowest BCUT2D eigenvalue weighted by molar-refractivity contribution is 0.101. The molecule has 0 saturated carbocycles. The number of carbonyl (C=O) groups is 2. The van der Waals surface area contributed by atoms with Crippen LogP contribution in [0.25, 0.3) is 0 Å². The lowest BCUT2D eigenvalue weighted by atomic mass is 10.1. The predicted molar refractivity (Wildman–Crippen MR) is 109 cm³/mol. The third-order valence-corrected chi connectivity index (χ3v) is 4.09. The van der Waals surface area contributed by atoms with Crippen molar-refractivity contribution in [2.24, 2.45) is 0 Å². The van der Waals surface area contributed by atoms with E-state index in [0.717, 1.165) is 0 Å². The summed E-state index contributed by atoms with van der Waals surface area (Å²) in [5.74, 6) is 0.918. The zero-order valence-electron chi connectivity index (χ0n) is 16.2. The van der Waals surface area contributed by atoms with E-state index in [4.69, 9.17) is 9.47 Å². The number of aromatic nitrogens is 2. The van der Waals surface area contributed by atoms with E-state index in [0.29, 0.717) is 28.4 Å². The highest BCUT2D eigenvalue weighted by molar-refractivity contribution is 6.03. The third-order valence-electron chi connectivity index (χ3n) is 4.09. The van der Waals surface area contributed by atoms with Gasteiger partial charge in [0, 0.05) is 23.5 Å². The predicted octanol–water partition coefficient (Wildman–Crippen LogP) is 3.69. The third kappa shape index (κ3) is 4.86. The van der Waals surface area contributed by atoms with Crippen LogP contribution in [-0.4, -0.2) is 35.9 Å². The molecule has 0 spiro atoms. The number of rotatable bonds is 7. The van der Waals surface area contributed by atoms with Crippen LogP contribution >= 0.6 is 0 Å². The summed E-state index contributed by atoms with van der Waals surface area (Å²) < 4.78 is 10.4. The van der Waals surface area contributed by atoms with Crippen LogP contribution < -0.4 is 20.1 Å². The minimum absolute atomic E-state index is 0.0135. The van der Waals surface area contributed by atoms with E-state index >= 15 is 0 Å². The van der Waals surface area contributed by atoms with Crippen molar-refractivity contribution in [3.05, 3.63) is 66.0 Å². The quantitative estimate of drug-likeness (QED) is 0.591. The number of ether oxygens (including phenoxy) is 2. The second kappa shape index (κ2) is 8.83. The second-order valence-electron chi connectivity index (χ2n) is 6.04. The summed E-state index contributed by atoms with van der Waals surface area (Å²) in [6, 6.07) is 13.5. The van der Waals surface area contributed by atoms with Gasteiger partial charge in [0.1, 0.15) is 17.2 Å². The van der Waals surface area contributed by atoms with E-state index < -0.39 is 5.91 Å². The van der Waals surface area contributed by atoms with Gasteiger partial charge in [0.25, 0.3) is 5.91 Å². The van der Waals surface area contributed by atoms with E-state index in [2.05, 4.69) is 20.6 Å². The lowest BCUT2D eigenvalue weighted by Gasteiger charge is -2.12. The van der Waals surface area contributed by atoms with Crippen LogP contribution in [0.15, 0.2) is 54.7 Å². The SMILES string of the molecule is COc1ccc(NC(=O)c2ccnc(Nc3ccc(C(C)=O)cc3)n2)c(OC)c1. The second-order valence-corrected chi connectivity index (χ2v) is 6.04. The Hall–Kier alpha value is -3.94. The molecule has 0 fully saturated rings. The Morgan fingerprint density at radius 2 is 1.72 bits per heavy atom. The minimum atomic E-state index is -0.411. The first-order valence-electron chi connectivity index (χ1n) is 8.74. The zero-order chi connectivity index (χ0) is 20.8. The van der Waals surface area contributed by atoms with Crippen LogP contribution in [0.2, 0.25) is 0 Å². The summed E-state index contributed by atoms with van der Waals surface area (Å²) in [4.78, 5) is 32.3. The molecule has 0 saturated heterocycles. The normalized spacial score (nSPS) is 10.2. The molecule has 3 aromatic rings. The fourth-order valence-electron chi connectivity index (χ4n) is 2.55. The van der Waals surface area contributed by atoms with E-state index in [1.807, 2.05) is 0 Å². The van der Waals surface area contributed by atoms with E-state index in [1.165, 1.54) is 26.3 Å². The van der Waals surface area contributed by atoms with Gasteiger partial charge >= 0.3 is 0 Å². The smallest absolute Gasteiger partial charge is 0.274 e. The van der Waals surface area contributed by atoms with Crippen LogP contribution in [0.3, 0.4) is 0 Å². The standard InChI is InChI=1S/C21H20N4O4/c1-13(26)14-4-6-15(7-5-14)23-21-22-11-10-18(25-21)20(27)24-17-9-8-16(28-2)12-19(17)29-3/h4-12H,1-3H3,(H,24,27)(H,22,23,25). The molecule has 0 radical (unpaired) electrons. The Morgan fingerprint density at radius 3 is 2.38 bits per heavy atom. The van der Waals surface area contributed by atoms with Gasteiger partial charge in [-0.15, -0.1) is 0 Å². The van der Waals surface area contributed by atoms with Gasteiger partial charge in [-0.2, -0.15) is 0 Å². The number of ketones is 1. The van der Waals surface area contributed by atoms with Crippen molar-refractivity contribution >= 4 is 29.0 Å². The Morgan fingerprint density at radius 1 is 0.966 bits per heavy atom. The number of hydrogen-bond donors (Lipinski definition) is 2. The van der Waals surface area contributed by atoms with Crippen molar-refractivity contribution in [2.75, 3.05) is 24.9 Å². The van der Waals surface area contributed by atoms with Crippen molar-refractivity contribution in [2.45, 2.75) is 6.92 Å². The molecule has 148 valence electrons. The maximum absolute atomic E-state index is 12.6. The molecule has 2 aromatic carbocycles. The first kappa shape index (κ1) is 19.8. The number of methoxy groups -OCH3 is 2. The summed E-state index contributed by atoms with van der Waals surface area (Å²) in [5, 5.41) is 5.78. The first-order chi connectivity index (χ1) is 14.0. The van der Waals surface area contributed by atoms with Gasteiger partial charge in [0.15, 0.2) is 5.78 Å². The van der Waals surface area contributed by atoms with E-state index in [-0.39, 0.29) is 17.4 Å².